The van der Waals surface area contributed by atoms with Gasteiger partial charge in [0.25, 0.3) is 0 Å². The van der Waals surface area contributed by atoms with Gasteiger partial charge in [0.1, 0.15) is 0 Å². The molecule has 0 aromatic carbocycles. The summed E-state index contributed by atoms with van der Waals surface area (Å²) in [6.07, 6.45) is 4.92. The molecule has 0 aromatic heterocycles. The zero-order valence-electron chi connectivity index (χ0n) is 11.8. The van der Waals surface area contributed by atoms with Crippen LogP contribution in [0.1, 0.15) is 59.8 Å². The van der Waals surface area contributed by atoms with Crippen LogP contribution >= 0.6 is 0 Å². The molecule has 0 aliphatic heterocycles. The Morgan fingerprint density at radius 3 is 2.35 bits per heavy atom. The van der Waals surface area contributed by atoms with Crippen molar-refractivity contribution in [3.8, 4) is 0 Å². The lowest BCUT2D eigenvalue weighted by Crippen LogP contribution is -2.57. The van der Waals surface area contributed by atoms with E-state index in [1.54, 1.807) is 0 Å². The first-order valence-corrected chi connectivity index (χ1v) is 7.02. The maximum absolute atomic E-state index is 12.2. The molecule has 100 valence electrons. The van der Waals surface area contributed by atoms with Crippen molar-refractivity contribution >= 4 is 5.91 Å². The molecule has 3 atom stereocenters. The van der Waals surface area contributed by atoms with Crippen LogP contribution in [0.5, 0.6) is 0 Å². The minimum atomic E-state index is -0.678. The van der Waals surface area contributed by atoms with Crippen LogP contribution in [-0.2, 0) is 4.79 Å². The lowest BCUT2D eigenvalue weighted by atomic mass is 9.79. The van der Waals surface area contributed by atoms with Crippen molar-refractivity contribution in [1.82, 2.24) is 5.32 Å². The molecule has 0 bridgehead atoms. The zero-order chi connectivity index (χ0) is 13.1. The van der Waals surface area contributed by atoms with Crippen molar-refractivity contribution in [2.24, 2.45) is 17.6 Å². The Morgan fingerprint density at radius 2 is 1.88 bits per heavy atom. The second kappa shape index (κ2) is 5.85. The molecule has 1 aliphatic rings. The summed E-state index contributed by atoms with van der Waals surface area (Å²) < 4.78 is 0. The summed E-state index contributed by atoms with van der Waals surface area (Å²) in [5.74, 6) is 1.40. The predicted molar refractivity (Wildman–Crippen MR) is 71.6 cm³/mol. The Balaban J connectivity index is 2.56. The molecule has 0 spiro atoms. The van der Waals surface area contributed by atoms with Gasteiger partial charge < -0.3 is 11.1 Å². The van der Waals surface area contributed by atoms with Crippen molar-refractivity contribution in [2.75, 3.05) is 0 Å². The van der Waals surface area contributed by atoms with E-state index in [-0.39, 0.29) is 5.91 Å². The minimum Gasteiger partial charge on any atom is -0.352 e. The number of nitrogens with two attached hydrogens (primary N) is 1. The number of hydrogen-bond donors (Lipinski definition) is 2. The number of rotatable bonds is 4. The summed E-state index contributed by atoms with van der Waals surface area (Å²) >= 11 is 0. The van der Waals surface area contributed by atoms with Crippen LogP contribution in [0.4, 0.5) is 0 Å². The third-order valence-corrected chi connectivity index (χ3v) is 4.46. The molecule has 3 unspecified atom stereocenters. The van der Waals surface area contributed by atoms with E-state index >= 15 is 0 Å². The summed E-state index contributed by atoms with van der Waals surface area (Å²) in [7, 11) is 0. The molecule has 1 aliphatic carbocycles. The Kier molecular flexibility index (Phi) is 4.99. The Hall–Kier alpha value is -0.570. The molecule has 3 nitrogen and oxygen atoms in total. The van der Waals surface area contributed by atoms with Crippen LogP contribution < -0.4 is 11.1 Å². The van der Waals surface area contributed by atoms with E-state index in [4.69, 9.17) is 5.73 Å². The average Bonchev–Trinajstić information content (AvgIpc) is 2.31. The number of nitrogens with one attached hydrogen (secondary N) is 1. The third kappa shape index (κ3) is 3.44. The summed E-state index contributed by atoms with van der Waals surface area (Å²) in [5.41, 5.74) is 5.44. The first-order chi connectivity index (χ1) is 7.92. The van der Waals surface area contributed by atoms with Crippen LogP contribution in [0.2, 0.25) is 0 Å². The van der Waals surface area contributed by atoms with Gasteiger partial charge in [-0.05, 0) is 43.9 Å². The van der Waals surface area contributed by atoms with Gasteiger partial charge in [0.2, 0.25) is 5.91 Å². The van der Waals surface area contributed by atoms with E-state index in [1.165, 1.54) is 12.8 Å². The van der Waals surface area contributed by atoms with Crippen molar-refractivity contribution < 1.29 is 4.79 Å². The number of amides is 1. The van der Waals surface area contributed by atoms with Crippen LogP contribution in [0, 0.1) is 11.8 Å². The maximum Gasteiger partial charge on any atom is 0.240 e. The van der Waals surface area contributed by atoms with E-state index < -0.39 is 5.54 Å². The molecule has 1 fully saturated rings. The van der Waals surface area contributed by atoms with Crippen LogP contribution in [0.25, 0.3) is 0 Å². The molecule has 0 radical (unpaired) electrons. The highest BCUT2D eigenvalue weighted by atomic mass is 16.2. The Bertz CT molecular complexity index is 261. The fourth-order valence-corrected chi connectivity index (χ4v) is 2.76. The fraction of sp³-hybridized carbons (Fsp3) is 0.929. The van der Waals surface area contributed by atoms with E-state index in [2.05, 4.69) is 19.2 Å². The zero-order valence-corrected chi connectivity index (χ0v) is 11.8. The largest absolute Gasteiger partial charge is 0.352 e. The standard InChI is InChI=1S/C14H28N2O/c1-5-14(15,6-2)13(17)16-12-8-7-10(3)9-11(12)4/h10-12H,5-9,15H2,1-4H3,(H,16,17). The molecule has 17 heavy (non-hydrogen) atoms. The summed E-state index contributed by atoms with van der Waals surface area (Å²) in [4.78, 5) is 12.2. The van der Waals surface area contributed by atoms with Crippen molar-refractivity contribution in [3.05, 3.63) is 0 Å². The monoisotopic (exact) mass is 240 g/mol. The third-order valence-electron chi connectivity index (χ3n) is 4.46. The van der Waals surface area contributed by atoms with Gasteiger partial charge in [0.15, 0.2) is 0 Å². The van der Waals surface area contributed by atoms with Crippen molar-refractivity contribution in [3.63, 3.8) is 0 Å². The lowest BCUT2D eigenvalue weighted by Gasteiger charge is -2.36. The fourth-order valence-electron chi connectivity index (χ4n) is 2.76. The van der Waals surface area contributed by atoms with Gasteiger partial charge in [-0.15, -0.1) is 0 Å². The molecule has 3 N–H and O–H groups in total. The van der Waals surface area contributed by atoms with Gasteiger partial charge in [-0.1, -0.05) is 27.7 Å². The lowest BCUT2D eigenvalue weighted by molar-refractivity contribution is -0.128. The van der Waals surface area contributed by atoms with Crippen LogP contribution in [0.3, 0.4) is 0 Å². The molecule has 0 heterocycles. The highest BCUT2D eigenvalue weighted by molar-refractivity contribution is 5.86. The molecule has 0 saturated heterocycles. The average molecular weight is 240 g/mol. The Morgan fingerprint density at radius 1 is 1.29 bits per heavy atom. The minimum absolute atomic E-state index is 0.0360. The van der Waals surface area contributed by atoms with Gasteiger partial charge in [-0.3, -0.25) is 4.79 Å². The number of hydrogen-bond acceptors (Lipinski definition) is 2. The molecule has 1 rings (SSSR count). The van der Waals surface area contributed by atoms with Crippen LogP contribution in [0.15, 0.2) is 0 Å². The molecular weight excluding hydrogens is 212 g/mol. The van der Waals surface area contributed by atoms with Gasteiger partial charge in [-0.25, -0.2) is 0 Å². The molecule has 1 amide bonds. The molecule has 3 heteroatoms. The van der Waals surface area contributed by atoms with Crippen molar-refractivity contribution in [2.45, 2.75) is 71.4 Å². The SMILES string of the molecule is CCC(N)(CC)C(=O)NC1CCC(C)CC1C. The van der Waals surface area contributed by atoms with Gasteiger partial charge in [0.05, 0.1) is 5.54 Å². The smallest absolute Gasteiger partial charge is 0.240 e. The second-order valence-electron chi connectivity index (χ2n) is 5.84. The Labute approximate surface area is 106 Å². The first kappa shape index (κ1) is 14.5. The number of carbonyl (C=O) groups is 1. The number of carbonyl (C=O) groups excluding carboxylic acids is 1. The molecule has 0 aromatic rings. The van der Waals surface area contributed by atoms with E-state index in [9.17, 15) is 4.79 Å². The van der Waals surface area contributed by atoms with E-state index in [0.717, 1.165) is 12.3 Å². The molecule has 1 saturated carbocycles. The summed E-state index contributed by atoms with van der Waals surface area (Å²) in [5, 5.41) is 3.17. The molecular formula is C14H28N2O. The van der Waals surface area contributed by atoms with Crippen molar-refractivity contribution in [1.29, 1.82) is 0 Å². The quantitative estimate of drug-likeness (QED) is 0.793. The predicted octanol–water partition coefficient (Wildman–Crippen LogP) is 2.44. The second-order valence-corrected chi connectivity index (χ2v) is 5.84. The van der Waals surface area contributed by atoms with Gasteiger partial charge in [0, 0.05) is 6.04 Å². The highest BCUT2D eigenvalue weighted by Crippen LogP contribution is 2.29. The summed E-state index contributed by atoms with van der Waals surface area (Å²) in [6, 6.07) is 0.319. The highest BCUT2D eigenvalue weighted by Gasteiger charge is 2.34. The first-order valence-electron chi connectivity index (χ1n) is 7.02. The van der Waals surface area contributed by atoms with Gasteiger partial charge >= 0.3 is 0 Å². The van der Waals surface area contributed by atoms with Gasteiger partial charge in [-0.2, -0.15) is 0 Å². The summed E-state index contributed by atoms with van der Waals surface area (Å²) in [6.45, 7) is 8.49. The maximum atomic E-state index is 12.2. The van der Waals surface area contributed by atoms with Crippen LogP contribution in [-0.4, -0.2) is 17.5 Å². The topological polar surface area (TPSA) is 55.1 Å². The van der Waals surface area contributed by atoms with E-state index in [0.29, 0.717) is 24.8 Å². The van der Waals surface area contributed by atoms with E-state index in [1.807, 2.05) is 13.8 Å². The normalized spacial score (nSPS) is 30.1.